The molecule has 5 heteroatoms. The first-order valence-corrected chi connectivity index (χ1v) is 9.16. The van der Waals surface area contributed by atoms with E-state index in [1.807, 2.05) is 29.2 Å². The highest BCUT2D eigenvalue weighted by Gasteiger charge is 2.23. The Labute approximate surface area is 150 Å². The van der Waals surface area contributed by atoms with Gasteiger partial charge in [-0.05, 0) is 49.4 Å². The largest absolute Gasteiger partial charge is 0.497 e. The number of methoxy groups -OCH3 is 1. The Balaban J connectivity index is 1.38. The third kappa shape index (κ3) is 5.23. The number of rotatable bonds is 6. The summed E-state index contributed by atoms with van der Waals surface area (Å²) in [4.78, 5) is 16.8. The van der Waals surface area contributed by atoms with Crippen molar-refractivity contribution in [3.63, 3.8) is 0 Å². The third-order valence-electron chi connectivity index (χ3n) is 5.04. The van der Waals surface area contributed by atoms with Crippen LogP contribution in [0.1, 0.15) is 19.3 Å². The molecule has 0 aromatic heterocycles. The van der Waals surface area contributed by atoms with Gasteiger partial charge >= 0.3 is 0 Å². The number of hydrogen-bond acceptors (Lipinski definition) is 4. The van der Waals surface area contributed by atoms with Crippen LogP contribution in [0.2, 0.25) is 0 Å². The summed E-state index contributed by atoms with van der Waals surface area (Å²) in [6.45, 7) is 4.79. The SMILES string of the molecule is COc1ccc(OCC(=O)N2CCN(C[C@@H]3CC=CCC3)CC2)cc1. The summed E-state index contributed by atoms with van der Waals surface area (Å²) < 4.78 is 10.7. The normalized spacial score (nSPS) is 21.2. The lowest BCUT2D eigenvalue weighted by atomic mass is 9.94. The summed E-state index contributed by atoms with van der Waals surface area (Å²) in [5.41, 5.74) is 0. The number of amides is 1. The molecule has 1 heterocycles. The molecule has 0 unspecified atom stereocenters. The Morgan fingerprint density at radius 3 is 2.44 bits per heavy atom. The number of carbonyl (C=O) groups is 1. The highest BCUT2D eigenvalue weighted by molar-refractivity contribution is 5.77. The first kappa shape index (κ1) is 17.8. The summed E-state index contributed by atoms with van der Waals surface area (Å²) in [7, 11) is 1.63. The number of nitrogens with zero attached hydrogens (tertiary/aromatic N) is 2. The molecule has 0 radical (unpaired) electrons. The minimum Gasteiger partial charge on any atom is -0.497 e. The van der Waals surface area contributed by atoms with Crippen molar-refractivity contribution in [2.75, 3.05) is 46.4 Å². The van der Waals surface area contributed by atoms with Crippen LogP contribution in [0.4, 0.5) is 0 Å². The summed E-state index contributed by atoms with van der Waals surface area (Å²) in [5, 5.41) is 0. The lowest BCUT2D eigenvalue weighted by molar-refractivity contribution is -0.135. The van der Waals surface area contributed by atoms with Crippen LogP contribution in [-0.2, 0) is 4.79 Å². The Hall–Kier alpha value is -2.01. The molecular weight excluding hydrogens is 316 g/mol. The lowest BCUT2D eigenvalue weighted by Gasteiger charge is -2.36. The monoisotopic (exact) mass is 344 g/mol. The zero-order valence-corrected chi connectivity index (χ0v) is 15.0. The predicted molar refractivity (Wildman–Crippen MR) is 98.0 cm³/mol. The van der Waals surface area contributed by atoms with Crippen LogP contribution in [-0.4, -0.2) is 62.1 Å². The molecule has 1 amide bonds. The Morgan fingerprint density at radius 1 is 1.08 bits per heavy atom. The molecule has 1 aromatic carbocycles. The molecule has 0 bridgehead atoms. The standard InChI is InChI=1S/C20H28N2O3/c1-24-18-7-9-19(10-8-18)25-16-20(23)22-13-11-21(12-14-22)15-17-5-3-2-4-6-17/h2-3,7-10,17H,4-6,11-16H2,1H3/t17-/m1/s1. The Morgan fingerprint density at radius 2 is 1.80 bits per heavy atom. The van der Waals surface area contributed by atoms with Gasteiger partial charge in [-0.1, -0.05) is 12.2 Å². The summed E-state index contributed by atoms with van der Waals surface area (Å²) in [6.07, 6.45) is 8.31. The second-order valence-corrected chi connectivity index (χ2v) is 6.80. The van der Waals surface area contributed by atoms with E-state index in [2.05, 4.69) is 17.1 Å². The smallest absolute Gasteiger partial charge is 0.260 e. The fourth-order valence-corrected chi connectivity index (χ4v) is 3.48. The molecule has 0 spiro atoms. The van der Waals surface area contributed by atoms with Gasteiger partial charge in [-0.2, -0.15) is 0 Å². The van der Waals surface area contributed by atoms with Crippen LogP contribution in [0.3, 0.4) is 0 Å². The average molecular weight is 344 g/mol. The van der Waals surface area contributed by atoms with Crippen molar-refractivity contribution < 1.29 is 14.3 Å². The van der Waals surface area contributed by atoms with Gasteiger partial charge in [-0.25, -0.2) is 0 Å². The number of ether oxygens (including phenoxy) is 2. The summed E-state index contributed by atoms with van der Waals surface area (Å²) in [6, 6.07) is 7.31. The Kier molecular flexibility index (Phi) is 6.34. The molecule has 5 nitrogen and oxygen atoms in total. The van der Waals surface area contributed by atoms with E-state index in [-0.39, 0.29) is 12.5 Å². The number of allylic oxidation sites excluding steroid dienone is 2. The molecule has 1 atom stereocenters. The molecule has 2 aliphatic rings. The van der Waals surface area contributed by atoms with E-state index in [9.17, 15) is 4.79 Å². The maximum Gasteiger partial charge on any atom is 0.260 e. The van der Waals surface area contributed by atoms with Gasteiger partial charge in [0.2, 0.25) is 0 Å². The Bertz CT molecular complexity index is 577. The molecule has 0 saturated carbocycles. The highest BCUT2D eigenvalue weighted by Crippen LogP contribution is 2.20. The number of carbonyl (C=O) groups excluding carboxylic acids is 1. The predicted octanol–water partition coefficient (Wildman–Crippen LogP) is 2.57. The molecule has 1 aliphatic heterocycles. The molecule has 0 N–H and O–H groups in total. The minimum atomic E-state index is 0.0658. The topological polar surface area (TPSA) is 42.0 Å². The molecular formula is C20H28N2O3. The molecule has 136 valence electrons. The van der Waals surface area contributed by atoms with Gasteiger partial charge in [0.1, 0.15) is 11.5 Å². The minimum absolute atomic E-state index is 0.0658. The van der Waals surface area contributed by atoms with Crippen molar-refractivity contribution >= 4 is 5.91 Å². The second kappa shape index (κ2) is 8.90. The fraction of sp³-hybridized carbons (Fsp3) is 0.550. The van der Waals surface area contributed by atoms with E-state index in [1.54, 1.807) is 7.11 Å². The highest BCUT2D eigenvalue weighted by atomic mass is 16.5. The van der Waals surface area contributed by atoms with E-state index >= 15 is 0 Å². The van der Waals surface area contributed by atoms with Crippen LogP contribution >= 0.6 is 0 Å². The van der Waals surface area contributed by atoms with Crippen LogP contribution in [0.15, 0.2) is 36.4 Å². The zero-order chi connectivity index (χ0) is 17.5. The van der Waals surface area contributed by atoms with Gasteiger partial charge in [0.15, 0.2) is 6.61 Å². The quantitative estimate of drug-likeness (QED) is 0.744. The maximum atomic E-state index is 12.3. The fourth-order valence-electron chi connectivity index (χ4n) is 3.48. The average Bonchev–Trinajstić information content (AvgIpc) is 2.68. The molecule has 25 heavy (non-hydrogen) atoms. The molecule has 1 saturated heterocycles. The number of benzene rings is 1. The first-order valence-electron chi connectivity index (χ1n) is 9.16. The van der Waals surface area contributed by atoms with E-state index < -0.39 is 0 Å². The van der Waals surface area contributed by atoms with Gasteiger partial charge in [0, 0.05) is 32.7 Å². The van der Waals surface area contributed by atoms with Crippen LogP contribution in [0.5, 0.6) is 11.5 Å². The number of piperazine rings is 1. The van der Waals surface area contributed by atoms with Crippen molar-refractivity contribution in [1.29, 1.82) is 0 Å². The lowest BCUT2D eigenvalue weighted by Crippen LogP contribution is -2.50. The van der Waals surface area contributed by atoms with Gasteiger partial charge in [0.25, 0.3) is 5.91 Å². The van der Waals surface area contributed by atoms with Crippen molar-refractivity contribution in [3.8, 4) is 11.5 Å². The summed E-state index contributed by atoms with van der Waals surface area (Å²) in [5.74, 6) is 2.32. The van der Waals surface area contributed by atoms with E-state index in [1.165, 1.54) is 19.3 Å². The maximum absolute atomic E-state index is 12.3. The van der Waals surface area contributed by atoms with Gasteiger partial charge in [-0.3, -0.25) is 9.69 Å². The van der Waals surface area contributed by atoms with Gasteiger partial charge < -0.3 is 14.4 Å². The van der Waals surface area contributed by atoms with Crippen LogP contribution in [0, 0.1) is 5.92 Å². The van der Waals surface area contributed by atoms with Gasteiger partial charge in [-0.15, -0.1) is 0 Å². The molecule has 1 aliphatic carbocycles. The van der Waals surface area contributed by atoms with Crippen molar-refractivity contribution in [2.45, 2.75) is 19.3 Å². The zero-order valence-electron chi connectivity index (χ0n) is 15.0. The molecule has 1 aromatic rings. The van der Waals surface area contributed by atoms with Crippen molar-refractivity contribution in [2.24, 2.45) is 5.92 Å². The molecule has 1 fully saturated rings. The number of hydrogen-bond donors (Lipinski definition) is 0. The van der Waals surface area contributed by atoms with Gasteiger partial charge in [0.05, 0.1) is 7.11 Å². The second-order valence-electron chi connectivity index (χ2n) is 6.80. The molecule has 3 rings (SSSR count). The van der Waals surface area contributed by atoms with Crippen LogP contribution < -0.4 is 9.47 Å². The third-order valence-corrected chi connectivity index (χ3v) is 5.04. The van der Waals surface area contributed by atoms with E-state index in [0.717, 1.165) is 44.4 Å². The van der Waals surface area contributed by atoms with E-state index in [4.69, 9.17) is 9.47 Å². The van der Waals surface area contributed by atoms with E-state index in [0.29, 0.717) is 5.75 Å². The summed E-state index contributed by atoms with van der Waals surface area (Å²) >= 11 is 0. The van der Waals surface area contributed by atoms with Crippen LogP contribution in [0.25, 0.3) is 0 Å². The van der Waals surface area contributed by atoms with Crippen molar-refractivity contribution in [3.05, 3.63) is 36.4 Å². The van der Waals surface area contributed by atoms with Crippen molar-refractivity contribution in [1.82, 2.24) is 9.80 Å². The first-order chi connectivity index (χ1) is 12.2.